The Morgan fingerprint density at radius 1 is 1.32 bits per heavy atom. The van der Waals surface area contributed by atoms with Crippen LogP contribution in [0.5, 0.6) is 0 Å². The topological polar surface area (TPSA) is 72.2 Å². The van der Waals surface area contributed by atoms with Crippen LogP contribution in [-0.2, 0) is 16.4 Å². The van der Waals surface area contributed by atoms with Crippen LogP contribution < -0.4 is 10.5 Å². The van der Waals surface area contributed by atoms with Crippen LogP contribution in [0.15, 0.2) is 29.2 Å². The molecule has 4 nitrogen and oxygen atoms in total. The summed E-state index contributed by atoms with van der Waals surface area (Å²) in [6.07, 6.45) is 3.95. The van der Waals surface area contributed by atoms with Crippen molar-refractivity contribution in [1.82, 2.24) is 4.72 Å². The van der Waals surface area contributed by atoms with E-state index in [9.17, 15) is 8.42 Å². The summed E-state index contributed by atoms with van der Waals surface area (Å²) in [4.78, 5) is 0.343. The standard InChI is InChI=1S/C14H22N2O2S/c1-2-3-12-10-14(12)16-19(17,18)13-6-4-11(5-7-13)8-9-15/h4-7,12,14,16H,2-3,8-10,15H2,1H3. The highest BCUT2D eigenvalue weighted by molar-refractivity contribution is 7.89. The minimum absolute atomic E-state index is 0.133. The van der Waals surface area contributed by atoms with Crippen molar-refractivity contribution >= 4 is 10.0 Å². The van der Waals surface area contributed by atoms with Gasteiger partial charge < -0.3 is 5.73 Å². The molecule has 1 saturated carbocycles. The van der Waals surface area contributed by atoms with E-state index in [1.165, 1.54) is 0 Å². The summed E-state index contributed by atoms with van der Waals surface area (Å²) >= 11 is 0. The molecule has 2 unspecified atom stereocenters. The Labute approximate surface area is 115 Å². The van der Waals surface area contributed by atoms with Gasteiger partial charge in [0, 0.05) is 6.04 Å². The first-order valence-corrected chi connectivity index (χ1v) is 8.36. The van der Waals surface area contributed by atoms with Crippen LogP contribution in [0.1, 0.15) is 31.7 Å². The zero-order chi connectivity index (χ0) is 13.9. The third kappa shape index (κ3) is 3.78. The summed E-state index contributed by atoms with van der Waals surface area (Å²) in [6.45, 7) is 2.70. The van der Waals surface area contributed by atoms with Crippen molar-refractivity contribution in [2.75, 3.05) is 6.54 Å². The largest absolute Gasteiger partial charge is 0.330 e. The second-order valence-electron chi connectivity index (χ2n) is 5.19. The van der Waals surface area contributed by atoms with Crippen molar-refractivity contribution in [3.8, 4) is 0 Å². The minimum atomic E-state index is -3.36. The van der Waals surface area contributed by atoms with Crippen molar-refractivity contribution in [3.63, 3.8) is 0 Å². The average molecular weight is 282 g/mol. The molecule has 3 N–H and O–H groups in total. The van der Waals surface area contributed by atoms with Crippen molar-refractivity contribution in [2.24, 2.45) is 11.7 Å². The lowest BCUT2D eigenvalue weighted by Gasteiger charge is -2.07. The first kappa shape index (κ1) is 14.5. The molecule has 106 valence electrons. The van der Waals surface area contributed by atoms with Crippen molar-refractivity contribution < 1.29 is 8.42 Å². The van der Waals surface area contributed by atoms with Gasteiger partial charge in [0.2, 0.25) is 10.0 Å². The lowest BCUT2D eigenvalue weighted by Crippen LogP contribution is -2.27. The molecule has 0 aromatic heterocycles. The van der Waals surface area contributed by atoms with Gasteiger partial charge in [0.15, 0.2) is 0 Å². The zero-order valence-electron chi connectivity index (χ0n) is 11.3. The fraction of sp³-hybridized carbons (Fsp3) is 0.571. The van der Waals surface area contributed by atoms with E-state index in [1.807, 2.05) is 12.1 Å². The van der Waals surface area contributed by atoms with E-state index in [0.29, 0.717) is 17.4 Å². The quantitative estimate of drug-likeness (QED) is 0.799. The molecular formula is C14H22N2O2S. The Morgan fingerprint density at radius 2 is 2.00 bits per heavy atom. The number of sulfonamides is 1. The maximum atomic E-state index is 12.2. The van der Waals surface area contributed by atoms with E-state index < -0.39 is 10.0 Å². The normalized spacial score (nSPS) is 22.4. The Morgan fingerprint density at radius 3 is 2.58 bits per heavy atom. The van der Waals surface area contributed by atoms with Gasteiger partial charge in [-0.3, -0.25) is 0 Å². The highest BCUT2D eigenvalue weighted by Gasteiger charge is 2.39. The maximum absolute atomic E-state index is 12.2. The number of rotatable bonds is 7. The molecule has 0 spiro atoms. The third-order valence-electron chi connectivity index (χ3n) is 3.56. The lowest BCUT2D eigenvalue weighted by molar-refractivity contribution is 0.573. The molecule has 2 atom stereocenters. The van der Waals surface area contributed by atoms with E-state index in [-0.39, 0.29) is 6.04 Å². The predicted octanol–water partition coefficient (Wildman–Crippen LogP) is 1.65. The van der Waals surface area contributed by atoms with Gasteiger partial charge in [-0.15, -0.1) is 0 Å². The highest BCUT2D eigenvalue weighted by Crippen LogP contribution is 2.35. The number of nitrogens with one attached hydrogen (secondary N) is 1. The maximum Gasteiger partial charge on any atom is 0.240 e. The van der Waals surface area contributed by atoms with Crippen LogP contribution in [0.25, 0.3) is 0 Å². The van der Waals surface area contributed by atoms with Crippen molar-refractivity contribution in [2.45, 2.75) is 43.5 Å². The molecule has 0 aliphatic heterocycles. The van der Waals surface area contributed by atoms with Crippen LogP contribution in [0.2, 0.25) is 0 Å². The fourth-order valence-electron chi connectivity index (χ4n) is 2.35. The molecule has 1 fully saturated rings. The molecule has 1 aromatic rings. The summed E-state index contributed by atoms with van der Waals surface area (Å²) < 4.78 is 27.1. The average Bonchev–Trinajstić information content (AvgIpc) is 3.08. The van der Waals surface area contributed by atoms with Gasteiger partial charge >= 0.3 is 0 Å². The van der Waals surface area contributed by atoms with Gasteiger partial charge in [-0.25, -0.2) is 13.1 Å². The Balaban J connectivity index is 1.99. The van der Waals surface area contributed by atoms with Gasteiger partial charge in [-0.05, 0) is 49.4 Å². The molecule has 1 aliphatic rings. The summed E-state index contributed by atoms with van der Waals surface area (Å²) in [6, 6.07) is 7.11. The SMILES string of the molecule is CCCC1CC1NS(=O)(=O)c1ccc(CCN)cc1. The van der Waals surface area contributed by atoms with Crippen LogP contribution in [0.4, 0.5) is 0 Å². The zero-order valence-corrected chi connectivity index (χ0v) is 12.1. The van der Waals surface area contributed by atoms with E-state index in [0.717, 1.165) is 31.2 Å². The smallest absolute Gasteiger partial charge is 0.240 e. The molecule has 5 heteroatoms. The highest BCUT2D eigenvalue weighted by atomic mass is 32.2. The Kier molecular flexibility index (Phi) is 4.60. The molecule has 0 amide bonds. The summed E-state index contributed by atoms with van der Waals surface area (Å²) in [5.74, 6) is 0.524. The first-order chi connectivity index (χ1) is 9.06. The van der Waals surface area contributed by atoms with Crippen LogP contribution in [0, 0.1) is 5.92 Å². The van der Waals surface area contributed by atoms with Crippen LogP contribution in [0.3, 0.4) is 0 Å². The molecule has 19 heavy (non-hydrogen) atoms. The Bertz CT molecular complexity index is 511. The lowest BCUT2D eigenvalue weighted by atomic mass is 10.2. The molecular weight excluding hydrogens is 260 g/mol. The fourth-order valence-corrected chi connectivity index (χ4v) is 3.67. The first-order valence-electron chi connectivity index (χ1n) is 6.88. The van der Waals surface area contributed by atoms with Crippen LogP contribution >= 0.6 is 0 Å². The molecule has 1 aliphatic carbocycles. The molecule has 0 heterocycles. The van der Waals surface area contributed by atoms with Gasteiger partial charge in [0.1, 0.15) is 0 Å². The van der Waals surface area contributed by atoms with Crippen molar-refractivity contribution in [3.05, 3.63) is 29.8 Å². The third-order valence-corrected chi connectivity index (χ3v) is 5.06. The van der Waals surface area contributed by atoms with Gasteiger partial charge in [-0.2, -0.15) is 0 Å². The van der Waals surface area contributed by atoms with E-state index in [4.69, 9.17) is 5.73 Å². The summed E-state index contributed by atoms with van der Waals surface area (Å²) in [5, 5.41) is 0. The number of benzene rings is 1. The second-order valence-corrected chi connectivity index (χ2v) is 6.91. The monoisotopic (exact) mass is 282 g/mol. The predicted molar refractivity (Wildman–Crippen MR) is 76.3 cm³/mol. The van der Waals surface area contributed by atoms with Gasteiger partial charge in [-0.1, -0.05) is 25.5 Å². The Hall–Kier alpha value is -0.910. The van der Waals surface area contributed by atoms with Gasteiger partial charge in [0.25, 0.3) is 0 Å². The minimum Gasteiger partial charge on any atom is -0.330 e. The molecule has 0 saturated heterocycles. The molecule has 0 radical (unpaired) electrons. The van der Waals surface area contributed by atoms with Crippen molar-refractivity contribution in [1.29, 1.82) is 0 Å². The second kappa shape index (κ2) is 6.03. The number of nitrogens with two attached hydrogens (primary N) is 1. The van der Waals surface area contributed by atoms with E-state index >= 15 is 0 Å². The van der Waals surface area contributed by atoms with E-state index in [2.05, 4.69) is 11.6 Å². The van der Waals surface area contributed by atoms with Crippen LogP contribution in [-0.4, -0.2) is 21.0 Å². The summed E-state index contributed by atoms with van der Waals surface area (Å²) in [5.41, 5.74) is 6.54. The molecule has 1 aromatic carbocycles. The molecule has 2 rings (SSSR count). The summed E-state index contributed by atoms with van der Waals surface area (Å²) in [7, 11) is -3.36. The number of hydrogen-bond donors (Lipinski definition) is 2. The number of hydrogen-bond acceptors (Lipinski definition) is 3. The molecule has 0 bridgehead atoms. The van der Waals surface area contributed by atoms with E-state index in [1.54, 1.807) is 12.1 Å². The van der Waals surface area contributed by atoms with Gasteiger partial charge in [0.05, 0.1) is 4.90 Å².